The van der Waals surface area contributed by atoms with Gasteiger partial charge in [0.1, 0.15) is 5.75 Å². The molecule has 0 amide bonds. The molecule has 0 saturated heterocycles. The molecule has 2 fully saturated rings. The summed E-state index contributed by atoms with van der Waals surface area (Å²) < 4.78 is 115. The van der Waals surface area contributed by atoms with Crippen molar-refractivity contribution in [1.82, 2.24) is 0 Å². The molecular weight excluding hydrogens is 667 g/mol. The molecule has 1 aromatic rings. The standard InChI is InChI=1S/C19H24O2.C17H25F9O2/c1-11-3-6-17-15-10-18(21)16-9-12(20)4-5-13(16)14(15)7-8-19(11,17)2;1-2-3-4-5-6-7-8-9-12(13(27)28)10-11-14(18,19)15(20,21)16(22,23)17(24,25)26/h4-5,9,14-15,17-18,20-21H,1,3,6-8,10H2,2H3;12H,2-11H2,1H3,(H,27,28). The van der Waals surface area contributed by atoms with Crippen molar-refractivity contribution in [3.8, 4) is 5.75 Å². The van der Waals surface area contributed by atoms with Crippen molar-refractivity contribution in [3.05, 3.63) is 41.5 Å². The van der Waals surface area contributed by atoms with Gasteiger partial charge in [0.15, 0.2) is 0 Å². The van der Waals surface area contributed by atoms with Crippen LogP contribution in [0.4, 0.5) is 39.5 Å². The van der Waals surface area contributed by atoms with Gasteiger partial charge in [-0.05, 0) is 91.4 Å². The number of rotatable bonds is 14. The van der Waals surface area contributed by atoms with Crippen molar-refractivity contribution in [2.45, 2.75) is 146 Å². The molecule has 4 nitrogen and oxygen atoms in total. The Labute approximate surface area is 282 Å². The summed E-state index contributed by atoms with van der Waals surface area (Å²) >= 11 is 0. The maximum absolute atomic E-state index is 13.5. The number of halogens is 9. The van der Waals surface area contributed by atoms with Crippen LogP contribution >= 0.6 is 0 Å². The molecule has 3 aliphatic rings. The number of carboxylic acid groups (broad SMARTS) is 1. The lowest BCUT2D eigenvalue weighted by Gasteiger charge is -2.50. The molecule has 0 heterocycles. The van der Waals surface area contributed by atoms with Gasteiger partial charge in [-0.25, -0.2) is 0 Å². The predicted octanol–water partition coefficient (Wildman–Crippen LogP) is 11.4. The van der Waals surface area contributed by atoms with Crippen LogP contribution in [0.2, 0.25) is 0 Å². The van der Waals surface area contributed by atoms with Crippen molar-refractivity contribution < 1.29 is 59.6 Å². The molecule has 3 N–H and O–H groups in total. The Morgan fingerprint density at radius 3 is 2.12 bits per heavy atom. The number of carbonyl (C=O) groups is 1. The highest BCUT2D eigenvalue weighted by Crippen LogP contribution is 2.63. The van der Waals surface area contributed by atoms with Crippen molar-refractivity contribution in [2.24, 2.45) is 23.2 Å². The highest BCUT2D eigenvalue weighted by Gasteiger charge is 2.81. The molecular formula is C36H49F9O4. The third-order valence-corrected chi connectivity index (χ3v) is 11.2. The predicted molar refractivity (Wildman–Crippen MR) is 167 cm³/mol. The quantitative estimate of drug-likeness (QED) is 0.102. The molecule has 6 unspecified atom stereocenters. The molecule has 1 aromatic carbocycles. The average Bonchev–Trinajstić information content (AvgIpc) is 3.31. The summed E-state index contributed by atoms with van der Waals surface area (Å²) in [5, 5.41) is 29.2. The zero-order chi connectivity index (χ0) is 37.0. The van der Waals surface area contributed by atoms with Crippen LogP contribution in [-0.4, -0.2) is 45.2 Å². The fraction of sp³-hybridized carbons (Fsp3) is 0.750. The van der Waals surface area contributed by atoms with E-state index in [0.29, 0.717) is 30.6 Å². The van der Waals surface area contributed by atoms with Crippen LogP contribution in [0.1, 0.15) is 133 Å². The molecule has 0 aliphatic heterocycles. The lowest BCUT2D eigenvalue weighted by atomic mass is 9.55. The van der Waals surface area contributed by atoms with Gasteiger partial charge in [-0.1, -0.05) is 77.0 Å². The van der Waals surface area contributed by atoms with Gasteiger partial charge in [0.05, 0.1) is 12.0 Å². The number of aliphatic hydroxyl groups excluding tert-OH is 1. The van der Waals surface area contributed by atoms with Gasteiger partial charge in [0.2, 0.25) is 0 Å². The molecule has 4 rings (SSSR count). The maximum atomic E-state index is 13.5. The third kappa shape index (κ3) is 8.72. The number of allylic oxidation sites excluding steroid dienone is 1. The molecule has 49 heavy (non-hydrogen) atoms. The molecule has 2 saturated carbocycles. The second-order valence-electron chi connectivity index (χ2n) is 14.4. The highest BCUT2D eigenvalue weighted by atomic mass is 19.4. The van der Waals surface area contributed by atoms with Gasteiger partial charge in [-0.15, -0.1) is 0 Å². The summed E-state index contributed by atoms with van der Waals surface area (Å²) in [7, 11) is 0. The number of unbranched alkanes of at least 4 members (excludes halogenated alkanes) is 6. The Bertz CT molecular complexity index is 1280. The van der Waals surface area contributed by atoms with E-state index in [1.807, 2.05) is 13.0 Å². The maximum Gasteiger partial charge on any atom is 0.460 e. The molecule has 280 valence electrons. The number of phenols is 1. The topological polar surface area (TPSA) is 77.8 Å². The number of fused-ring (bicyclic) bond motifs is 5. The molecule has 13 heteroatoms. The van der Waals surface area contributed by atoms with Crippen LogP contribution in [0, 0.1) is 23.2 Å². The van der Waals surface area contributed by atoms with E-state index in [9.17, 15) is 54.5 Å². The smallest absolute Gasteiger partial charge is 0.460 e. The number of hydrogen-bond acceptors (Lipinski definition) is 3. The fourth-order valence-electron chi connectivity index (χ4n) is 8.14. The lowest BCUT2D eigenvalue weighted by molar-refractivity contribution is -0.396. The lowest BCUT2D eigenvalue weighted by Crippen LogP contribution is -2.60. The minimum absolute atomic E-state index is 0.152. The second-order valence-corrected chi connectivity index (χ2v) is 14.4. The second kappa shape index (κ2) is 15.8. The summed E-state index contributed by atoms with van der Waals surface area (Å²) in [4.78, 5) is 11.1. The Kier molecular flexibility index (Phi) is 13.3. The number of hydrogen-bond donors (Lipinski definition) is 3. The zero-order valence-corrected chi connectivity index (χ0v) is 28.1. The van der Waals surface area contributed by atoms with Crippen molar-refractivity contribution in [3.63, 3.8) is 0 Å². The largest absolute Gasteiger partial charge is 0.508 e. The van der Waals surface area contributed by atoms with E-state index in [1.165, 1.54) is 30.4 Å². The Morgan fingerprint density at radius 1 is 0.918 bits per heavy atom. The first-order chi connectivity index (χ1) is 22.6. The van der Waals surface area contributed by atoms with Crippen molar-refractivity contribution in [1.29, 1.82) is 0 Å². The van der Waals surface area contributed by atoms with Gasteiger partial charge < -0.3 is 15.3 Å². The SMILES string of the molecule is C=C1CCC2C3CC(O)c4cc(O)ccc4C3CCC12C.CCCCCCCCCC(CCC(F)(F)C(F)(F)C(F)(F)C(F)(F)F)C(=O)O. The third-order valence-electron chi connectivity index (χ3n) is 11.2. The average molecular weight is 717 g/mol. The van der Waals surface area contributed by atoms with Crippen molar-refractivity contribution >= 4 is 5.97 Å². The Hall–Kier alpha value is -2.44. The molecule has 6 atom stereocenters. The van der Waals surface area contributed by atoms with Crippen LogP contribution in [-0.2, 0) is 4.79 Å². The normalized spacial score (nSPS) is 26.2. The van der Waals surface area contributed by atoms with Gasteiger partial charge in [0, 0.05) is 6.42 Å². The van der Waals surface area contributed by atoms with E-state index in [-0.39, 0.29) is 17.6 Å². The first-order valence-electron chi connectivity index (χ1n) is 17.2. The summed E-state index contributed by atoms with van der Waals surface area (Å²) in [6.45, 7) is 8.73. The van der Waals surface area contributed by atoms with Gasteiger partial charge in [-0.2, -0.15) is 39.5 Å². The number of carboxylic acids is 1. The van der Waals surface area contributed by atoms with E-state index in [1.54, 1.807) is 12.1 Å². The van der Waals surface area contributed by atoms with Crippen LogP contribution < -0.4 is 0 Å². The highest BCUT2D eigenvalue weighted by molar-refractivity contribution is 5.69. The number of benzene rings is 1. The van der Waals surface area contributed by atoms with Gasteiger partial charge >= 0.3 is 29.9 Å². The summed E-state index contributed by atoms with van der Waals surface area (Å²) in [6, 6.07) is 5.57. The van der Waals surface area contributed by atoms with E-state index >= 15 is 0 Å². The van der Waals surface area contributed by atoms with Crippen molar-refractivity contribution in [2.75, 3.05) is 0 Å². The first kappa shape index (κ1) is 41.0. The number of aliphatic carboxylic acids is 1. The Balaban J connectivity index is 0.000000273. The monoisotopic (exact) mass is 716 g/mol. The van der Waals surface area contributed by atoms with E-state index in [0.717, 1.165) is 50.5 Å². The van der Waals surface area contributed by atoms with Crippen LogP contribution in [0.25, 0.3) is 0 Å². The summed E-state index contributed by atoms with van der Waals surface area (Å²) in [5.41, 5.74) is 3.94. The minimum Gasteiger partial charge on any atom is -0.508 e. The van der Waals surface area contributed by atoms with Crippen LogP contribution in [0.15, 0.2) is 30.4 Å². The fourth-order valence-corrected chi connectivity index (χ4v) is 8.14. The van der Waals surface area contributed by atoms with Gasteiger partial charge in [-0.3, -0.25) is 4.79 Å². The molecule has 0 spiro atoms. The number of aliphatic hydroxyl groups is 1. The molecule has 0 bridgehead atoms. The van der Waals surface area contributed by atoms with Gasteiger partial charge in [0.25, 0.3) is 0 Å². The summed E-state index contributed by atoms with van der Waals surface area (Å²) in [6.07, 6.45) is 0.500. The van der Waals surface area contributed by atoms with E-state index < -0.39 is 54.8 Å². The molecule has 0 radical (unpaired) electrons. The van der Waals surface area contributed by atoms with E-state index in [2.05, 4.69) is 13.5 Å². The first-order valence-corrected chi connectivity index (χ1v) is 17.2. The van der Waals surface area contributed by atoms with Crippen LogP contribution in [0.5, 0.6) is 5.75 Å². The number of phenolic OH excluding ortho intramolecular Hbond substituents is 1. The Morgan fingerprint density at radius 2 is 1.53 bits per heavy atom. The van der Waals surface area contributed by atoms with Crippen LogP contribution in [0.3, 0.4) is 0 Å². The minimum atomic E-state index is -6.94. The number of aromatic hydroxyl groups is 1. The molecule has 0 aromatic heterocycles. The molecule has 3 aliphatic carbocycles. The summed E-state index contributed by atoms with van der Waals surface area (Å²) in [5.74, 6) is -20.4. The zero-order valence-electron chi connectivity index (χ0n) is 28.1. The van der Waals surface area contributed by atoms with E-state index in [4.69, 9.17) is 5.11 Å². The number of alkyl halides is 9.